The predicted molar refractivity (Wildman–Crippen MR) is 125 cm³/mol. The van der Waals surface area contributed by atoms with Gasteiger partial charge in [-0.3, -0.25) is 13.9 Å². The van der Waals surface area contributed by atoms with Crippen LogP contribution < -0.4 is 21.0 Å². The summed E-state index contributed by atoms with van der Waals surface area (Å²) in [5.41, 5.74) is 2.78. The molecule has 0 aliphatic carbocycles. The van der Waals surface area contributed by atoms with Crippen LogP contribution in [0.2, 0.25) is 0 Å². The van der Waals surface area contributed by atoms with Gasteiger partial charge in [-0.05, 0) is 45.9 Å². The molecule has 1 aliphatic rings. The molecule has 192 valence electrons. The Kier molecular flexibility index (Phi) is 8.32. The van der Waals surface area contributed by atoms with E-state index in [1.807, 2.05) is 0 Å². The fourth-order valence-electron chi connectivity index (χ4n) is 3.49. The van der Waals surface area contributed by atoms with Gasteiger partial charge in [-0.25, -0.2) is 13.8 Å². The molecule has 11 nitrogen and oxygen atoms in total. The number of para-hydroxylation sites is 1. The first-order valence-electron chi connectivity index (χ1n) is 11.0. The summed E-state index contributed by atoms with van der Waals surface area (Å²) >= 11 is 0. The zero-order chi connectivity index (χ0) is 25.8. The van der Waals surface area contributed by atoms with Crippen molar-refractivity contribution in [3.8, 4) is 5.75 Å². The van der Waals surface area contributed by atoms with Crippen molar-refractivity contribution in [1.82, 2.24) is 14.6 Å². The van der Waals surface area contributed by atoms with E-state index in [4.69, 9.17) is 24.3 Å². The molecule has 35 heavy (non-hydrogen) atoms. The molecule has 0 saturated carbocycles. The summed E-state index contributed by atoms with van der Waals surface area (Å²) in [5, 5.41) is 2.56. The van der Waals surface area contributed by atoms with Crippen molar-refractivity contribution in [2.75, 3.05) is 12.3 Å². The van der Waals surface area contributed by atoms with Crippen LogP contribution >= 0.6 is 7.75 Å². The zero-order valence-electron chi connectivity index (χ0n) is 19.9. The van der Waals surface area contributed by atoms with E-state index >= 15 is 4.39 Å². The molecule has 1 fully saturated rings. The minimum Gasteiger partial charge on any atom is -0.462 e. The Morgan fingerprint density at radius 3 is 2.66 bits per heavy atom. The van der Waals surface area contributed by atoms with Crippen LogP contribution in [0.15, 0.2) is 47.4 Å². The first-order chi connectivity index (χ1) is 16.4. The molecule has 1 saturated heterocycles. The number of halogens is 1. The number of aromatic nitrogens is 2. The first-order valence-corrected chi connectivity index (χ1v) is 12.6. The maximum Gasteiger partial charge on any atom is 0.459 e. The van der Waals surface area contributed by atoms with Crippen LogP contribution in [0.5, 0.6) is 5.75 Å². The molecule has 3 N–H and O–H groups in total. The van der Waals surface area contributed by atoms with Crippen molar-refractivity contribution in [2.45, 2.75) is 64.3 Å². The third kappa shape index (κ3) is 7.11. The van der Waals surface area contributed by atoms with E-state index in [2.05, 4.69) is 10.1 Å². The quantitative estimate of drug-likeness (QED) is 0.360. The van der Waals surface area contributed by atoms with E-state index < -0.39 is 43.4 Å². The summed E-state index contributed by atoms with van der Waals surface area (Å²) in [7, 11) is -4.15. The number of nitrogens with two attached hydrogens (primary N) is 1. The van der Waals surface area contributed by atoms with Crippen LogP contribution in [-0.4, -0.2) is 46.0 Å². The second-order valence-corrected chi connectivity index (χ2v) is 10.4. The van der Waals surface area contributed by atoms with Crippen molar-refractivity contribution >= 4 is 19.5 Å². The summed E-state index contributed by atoms with van der Waals surface area (Å²) in [6.07, 6.45) is -1.42. The average molecular weight is 512 g/mol. The summed E-state index contributed by atoms with van der Waals surface area (Å²) in [6, 6.07) is 8.55. The fourth-order valence-corrected chi connectivity index (χ4v) is 5.01. The summed E-state index contributed by atoms with van der Waals surface area (Å²) < 4.78 is 51.9. The highest BCUT2D eigenvalue weighted by atomic mass is 31.2. The minimum absolute atomic E-state index is 0.000113. The lowest BCUT2D eigenvalue weighted by Gasteiger charge is -2.24. The van der Waals surface area contributed by atoms with Crippen LogP contribution in [0.1, 0.15) is 40.3 Å². The van der Waals surface area contributed by atoms with E-state index in [1.54, 1.807) is 44.2 Å². The van der Waals surface area contributed by atoms with E-state index in [1.165, 1.54) is 26.1 Å². The van der Waals surface area contributed by atoms with Crippen molar-refractivity contribution < 1.29 is 32.3 Å². The number of esters is 1. The molecule has 2 aromatic rings. The molecule has 0 radical (unpaired) electrons. The Balaban J connectivity index is 1.74. The predicted octanol–water partition coefficient (Wildman–Crippen LogP) is 2.97. The number of carbonyl (C=O) groups excluding carboxylic acids is 1. The van der Waals surface area contributed by atoms with Crippen molar-refractivity contribution in [1.29, 1.82) is 0 Å². The molecular formula is C22H30FN4O7P. The highest BCUT2D eigenvalue weighted by Gasteiger charge is 2.48. The zero-order valence-corrected chi connectivity index (χ0v) is 20.8. The Bertz CT molecular complexity index is 1130. The first kappa shape index (κ1) is 26.8. The van der Waals surface area contributed by atoms with E-state index in [0.29, 0.717) is 0 Å². The summed E-state index contributed by atoms with van der Waals surface area (Å²) in [5.74, 6) is -0.420. The Morgan fingerprint density at radius 2 is 2.03 bits per heavy atom. The number of hydrogen-bond acceptors (Lipinski definition) is 9. The average Bonchev–Trinajstić information content (AvgIpc) is 3.06. The molecule has 0 amide bonds. The van der Waals surface area contributed by atoms with Crippen molar-refractivity contribution in [2.24, 2.45) is 0 Å². The summed E-state index contributed by atoms with van der Waals surface area (Å²) in [6.45, 7) is 5.76. The van der Waals surface area contributed by atoms with Crippen molar-refractivity contribution in [3.05, 3.63) is 53.1 Å². The second-order valence-electron chi connectivity index (χ2n) is 8.67. The SMILES string of the molecule is CC(C)OC(=O)[C@@H](C)N[P@@](=O)(OC[C@@H]1C[C@@](C)(F)[C@H](n2ccc(N)nc2=O)O1)Oc1ccccc1. The monoisotopic (exact) mass is 512 g/mol. The fraction of sp³-hybridized carbons (Fsp3) is 0.500. The summed E-state index contributed by atoms with van der Waals surface area (Å²) in [4.78, 5) is 28.0. The molecule has 3 rings (SSSR count). The van der Waals surface area contributed by atoms with Crippen LogP contribution in [0.3, 0.4) is 0 Å². The lowest BCUT2D eigenvalue weighted by Crippen LogP contribution is -2.36. The number of carbonyl (C=O) groups is 1. The maximum absolute atomic E-state index is 15.3. The highest BCUT2D eigenvalue weighted by Crippen LogP contribution is 2.47. The molecule has 0 unspecified atom stereocenters. The van der Waals surface area contributed by atoms with Gasteiger partial charge in [0, 0.05) is 12.6 Å². The number of benzene rings is 1. The van der Waals surface area contributed by atoms with Crippen molar-refractivity contribution in [3.63, 3.8) is 0 Å². The van der Waals surface area contributed by atoms with Gasteiger partial charge in [-0.2, -0.15) is 10.1 Å². The molecule has 1 aromatic carbocycles. The third-order valence-corrected chi connectivity index (χ3v) is 6.67. The number of nitrogen functional groups attached to an aromatic ring is 1. The highest BCUT2D eigenvalue weighted by molar-refractivity contribution is 7.52. The van der Waals surface area contributed by atoms with Gasteiger partial charge < -0.3 is 19.7 Å². The van der Waals surface area contributed by atoms with E-state index in [-0.39, 0.29) is 30.7 Å². The number of alkyl halides is 1. The van der Waals surface area contributed by atoms with Crippen LogP contribution in [-0.2, 0) is 23.4 Å². The number of nitrogens with zero attached hydrogens (tertiary/aromatic N) is 2. The van der Waals surface area contributed by atoms with Gasteiger partial charge in [0.25, 0.3) is 0 Å². The van der Waals surface area contributed by atoms with Gasteiger partial charge in [0.15, 0.2) is 11.9 Å². The van der Waals surface area contributed by atoms with Gasteiger partial charge in [-0.15, -0.1) is 0 Å². The van der Waals surface area contributed by atoms with Crippen LogP contribution in [0.4, 0.5) is 10.2 Å². The standard InChI is InChI=1S/C22H30FN4O7P/c1-14(2)32-19(28)15(3)26-35(30,34-16-8-6-5-7-9-16)31-13-17-12-22(4,23)20(33-17)27-11-10-18(24)25-21(27)29/h5-11,14-15,17,20H,12-13H2,1-4H3,(H,26,30)(H2,24,25,29)/t15-,17+,20-,22-,35-/m1/s1. The van der Waals surface area contributed by atoms with Crippen LogP contribution in [0, 0.1) is 0 Å². The Labute approximate surface area is 202 Å². The molecule has 0 spiro atoms. The molecule has 13 heteroatoms. The maximum atomic E-state index is 15.3. The number of ether oxygens (including phenoxy) is 2. The van der Waals surface area contributed by atoms with E-state index in [9.17, 15) is 14.2 Å². The number of anilines is 1. The van der Waals surface area contributed by atoms with E-state index in [0.717, 1.165) is 4.57 Å². The Hall–Kier alpha value is -2.79. The topological polar surface area (TPSA) is 144 Å². The van der Waals surface area contributed by atoms with Gasteiger partial charge in [0.1, 0.15) is 17.6 Å². The van der Waals surface area contributed by atoms with Gasteiger partial charge in [-0.1, -0.05) is 18.2 Å². The normalized spacial score (nSPS) is 24.6. The molecule has 1 aromatic heterocycles. The molecular weight excluding hydrogens is 482 g/mol. The minimum atomic E-state index is -4.15. The number of rotatable bonds is 10. The number of hydrogen-bond donors (Lipinski definition) is 2. The molecule has 2 heterocycles. The smallest absolute Gasteiger partial charge is 0.459 e. The largest absolute Gasteiger partial charge is 0.462 e. The molecule has 0 bridgehead atoms. The van der Waals surface area contributed by atoms with Gasteiger partial charge >= 0.3 is 19.4 Å². The third-order valence-electron chi connectivity index (χ3n) is 5.02. The lowest BCUT2D eigenvalue weighted by atomic mass is 10.0. The van der Waals surface area contributed by atoms with Gasteiger partial charge in [0.05, 0.1) is 18.8 Å². The second kappa shape index (κ2) is 10.9. The van der Waals surface area contributed by atoms with Crippen LogP contribution in [0.25, 0.3) is 0 Å². The lowest BCUT2D eigenvalue weighted by molar-refractivity contribution is -0.149. The molecule has 1 aliphatic heterocycles. The molecule has 5 atom stereocenters. The Morgan fingerprint density at radius 1 is 1.34 bits per heavy atom. The number of nitrogens with one attached hydrogen (secondary N) is 1. The van der Waals surface area contributed by atoms with Gasteiger partial charge in [0.2, 0.25) is 0 Å².